The largest absolute Gasteiger partial charge is 0.469 e. The minimum Gasteiger partial charge on any atom is -0.469 e. The first-order chi connectivity index (χ1) is 6.13. The number of methoxy groups -OCH3 is 1. The SMILES string of the molecule is COC(=O)Cc1cc(Cl)ccc1Br. The monoisotopic (exact) mass is 262 g/mol. The summed E-state index contributed by atoms with van der Waals surface area (Å²) in [6.45, 7) is 0. The third kappa shape index (κ3) is 3.01. The fourth-order valence-corrected chi connectivity index (χ4v) is 1.49. The molecule has 13 heavy (non-hydrogen) atoms. The highest BCUT2D eigenvalue weighted by Crippen LogP contribution is 2.21. The Bertz CT molecular complexity index is 325. The topological polar surface area (TPSA) is 26.3 Å². The Morgan fingerprint density at radius 2 is 2.31 bits per heavy atom. The quantitative estimate of drug-likeness (QED) is 0.767. The van der Waals surface area contributed by atoms with Gasteiger partial charge in [-0.1, -0.05) is 27.5 Å². The Kier molecular flexibility index (Phi) is 3.75. The zero-order valence-electron chi connectivity index (χ0n) is 7.01. The van der Waals surface area contributed by atoms with Crippen LogP contribution in [0.15, 0.2) is 22.7 Å². The molecule has 0 N–H and O–H groups in total. The smallest absolute Gasteiger partial charge is 0.310 e. The predicted molar refractivity (Wildman–Crippen MR) is 54.9 cm³/mol. The van der Waals surface area contributed by atoms with Crippen LogP contribution in [0.5, 0.6) is 0 Å². The molecule has 0 unspecified atom stereocenters. The summed E-state index contributed by atoms with van der Waals surface area (Å²) in [7, 11) is 1.36. The van der Waals surface area contributed by atoms with Gasteiger partial charge in [0.1, 0.15) is 0 Å². The first kappa shape index (κ1) is 10.5. The second-order valence-electron chi connectivity index (χ2n) is 2.49. The van der Waals surface area contributed by atoms with Crippen LogP contribution in [0.3, 0.4) is 0 Å². The number of carbonyl (C=O) groups is 1. The van der Waals surface area contributed by atoms with Gasteiger partial charge in [-0.05, 0) is 23.8 Å². The van der Waals surface area contributed by atoms with E-state index in [9.17, 15) is 4.79 Å². The second-order valence-corrected chi connectivity index (χ2v) is 3.78. The molecule has 0 aromatic heterocycles. The fraction of sp³-hybridized carbons (Fsp3) is 0.222. The molecule has 0 fully saturated rings. The van der Waals surface area contributed by atoms with Crippen molar-refractivity contribution in [3.05, 3.63) is 33.3 Å². The molecule has 0 radical (unpaired) electrons. The molecular weight excluding hydrogens is 255 g/mol. The third-order valence-corrected chi connectivity index (χ3v) is 2.58. The molecule has 0 bridgehead atoms. The molecule has 0 amide bonds. The molecule has 0 aliphatic carbocycles. The van der Waals surface area contributed by atoms with E-state index in [-0.39, 0.29) is 12.4 Å². The van der Waals surface area contributed by atoms with E-state index in [2.05, 4.69) is 20.7 Å². The number of benzene rings is 1. The van der Waals surface area contributed by atoms with Crippen molar-refractivity contribution in [3.63, 3.8) is 0 Å². The summed E-state index contributed by atoms with van der Waals surface area (Å²) in [4.78, 5) is 11.0. The van der Waals surface area contributed by atoms with E-state index in [4.69, 9.17) is 11.6 Å². The number of halogens is 2. The maximum Gasteiger partial charge on any atom is 0.310 e. The summed E-state index contributed by atoms with van der Waals surface area (Å²) in [5.41, 5.74) is 0.833. The summed E-state index contributed by atoms with van der Waals surface area (Å²) in [5.74, 6) is -0.275. The van der Waals surface area contributed by atoms with Crippen molar-refractivity contribution in [2.24, 2.45) is 0 Å². The Hall–Kier alpha value is -0.540. The highest BCUT2D eigenvalue weighted by Gasteiger charge is 2.06. The number of esters is 1. The highest BCUT2D eigenvalue weighted by atomic mass is 79.9. The van der Waals surface area contributed by atoms with Gasteiger partial charge in [0.15, 0.2) is 0 Å². The van der Waals surface area contributed by atoms with Crippen LogP contribution in [0, 0.1) is 0 Å². The van der Waals surface area contributed by atoms with Crippen molar-refractivity contribution >= 4 is 33.5 Å². The molecule has 0 aliphatic heterocycles. The summed E-state index contributed by atoms with van der Waals surface area (Å²) < 4.78 is 5.41. The Morgan fingerprint density at radius 3 is 2.92 bits per heavy atom. The van der Waals surface area contributed by atoms with Gasteiger partial charge in [-0.2, -0.15) is 0 Å². The molecule has 4 heteroatoms. The van der Waals surface area contributed by atoms with Gasteiger partial charge in [-0.3, -0.25) is 4.79 Å². The van der Waals surface area contributed by atoms with E-state index >= 15 is 0 Å². The van der Waals surface area contributed by atoms with Crippen molar-refractivity contribution in [1.29, 1.82) is 0 Å². The van der Waals surface area contributed by atoms with Crippen LogP contribution < -0.4 is 0 Å². The summed E-state index contributed by atoms with van der Waals surface area (Å²) in [5, 5.41) is 0.613. The van der Waals surface area contributed by atoms with Crippen LogP contribution in [0.4, 0.5) is 0 Å². The van der Waals surface area contributed by atoms with Crippen LogP contribution in [0.2, 0.25) is 5.02 Å². The van der Waals surface area contributed by atoms with Gasteiger partial charge >= 0.3 is 5.97 Å². The van der Waals surface area contributed by atoms with Crippen molar-refractivity contribution < 1.29 is 9.53 Å². The van der Waals surface area contributed by atoms with Gasteiger partial charge < -0.3 is 4.74 Å². The van der Waals surface area contributed by atoms with Crippen LogP contribution >= 0.6 is 27.5 Å². The average molecular weight is 264 g/mol. The first-order valence-corrected chi connectivity index (χ1v) is 4.81. The normalized spacial score (nSPS) is 9.77. The lowest BCUT2D eigenvalue weighted by Crippen LogP contribution is -2.04. The van der Waals surface area contributed by atoms with Crippen molar-refractivity contribution in [3.8, 4) is 0 Å². The predicted octanol–water partition coefficient (Wildman–Crippen LogP) is 2.82. The molecular formula is C9H8BrClO2. The molecule has 1 aromatic carbocycles. The third-order valence-electron chi connectivity index (χ3n) is 1.57. The van der Waals surface area contributed by atoms with Gasteiger partial charge in [0, 0.05) is 9.50 Å². The van der Waals surface area contributed by atoms with Crippen LogP contribution in [0.25, 0.3) is 0 Å². The van der Waals surface area contributed by atoms with Gasteiger partial charge in [-0.25, -0.2) is 0 Å². The molecule has 2 nitrogen and oxygen atoms in total. The summed E-state index contributed by atoms with van der Waals surface area (Å²) >= 11 is 9.09. The molecule has 1 rings (SSSR count). The average Bonchev–Trinajstić information content (AvgIpc) is 2.11. The maximum atomic E-state index is 11.0. The molecule has 70 valence electrons. The number of ether oxygens (including phenoxy) is 1. The summed E-state index contributed by atoms with van der Waals surface area (Å²) in [6, 6.07) is 5.30. The van der Waals surface area contributed by atoms with Crippen molar-refractivity contribution in [2.45, 2.75) is 6.42 Å². The van der Waals surface area contributed by atoms with Gasteiger partial charge in [0.25, 0.3) is 0 Å². The van der Waals surface area contributed by atoms with Crippen molar-refractivity contribution in [1.82, 2.24) is 0 Å². The number of hydrogen-bond donors (Lipinski definition) is 0. The lowest BCUT2D eigenvalue weighted by atomic mass is 10.1. The highest BCUT2D eigenvalue weighted by molar-refractivity contribution is 9.10. The maximum absolute atomic E-state index is 11.0. The van der Waals surface area contributed by atoms with E-state index in [0.717, 1.165) is 10.0 Å². The minimum atomic E-state index is -0.275. The molecule has 0 atom stereocenters. The lowest BCUT2D eigenvalue weighted by molar-refractivity contribution is -0.139. The van der Waals surface area contributed by atoms with E-state index in [1.54, 1.807) is 18.2 Å². The minimum absolute atomic E-state index is 0.234. The fourth-order valence-electron chi connectivity index (χ4n) is 0.906. The molecule has 0 aliphatic rings. The number of hydrogen-bond acceptors (Lipinski definition) is 2. The molecule has 0 saturated carbocycles. The van der Waals surface area contributed by atoms with Gasteiger partial charge in [0.05, 0.1) is 13.5 Å². The molecule has 1 aromatic rings. The Labute approximate surface area is 90.0 Å². The van der Waals surface area contributed by atoms with Gasteiger partial charge in [0.2, 0.25) is 0 Å². The summed E-state index contributed by atoms with van der Waals surface area (Å²) in [6.07, 6.45) is 0.234. The Balaban J connectivity index is 2.87. The van der Waals surface area contributed by atoms with Crippen LogP contribution in [-0.4, -0.2) is 13.1 Å². The number of carbonyl (C=O) groups excluding carboxylic acids is 1. The van der Waals surface area contributed by atoms with E-state index in [0.29, 0.717) is 5.02 Å². The zero-order valence-corrected chi connectivity index (χ0v) is 9.35. The van der Waals surface area contributed by atoms with Gasteiger partial charge in [-0.15, -0.1) is 0 Å². The standard InChI is InChI=1S/C9H8BrClO2/c1-13-9(12)5-6-4-7(11)2-3-8(6)10/h2-4H,5H2,1H3. The Morgan fingerprint density at radius 1 is 1.62 bits per heavy atom. The molecule has 0 heterocycles. The van der Waals surface area contributed by atoms with E-state index in [1.165, 1.54) is 7.11 Å². The van der Waals surface area contributed by atoms with E-state index < -0.39 is 0 Å². The van der Waals surface area contributed by atoms with Crippen molar-refractivity contribution in [2.75, 3.05) is 7.11 Å². The van der Waals surface area contributed by atoms with Crippen LogP contribution in [0.1, 0.15) is 5.56 Å². The van der Waals surface area contributed by atoms with Crippen LogP contribution in [-0.2, 0) is 16.0 Å². The zero-order chi connectivity index (χ0) is 9.84. The molecule has 0 saturated heterocycles. The lowest BCUT2D eigenvalue weighted by Gasteiger charge is -2.03. The molecule has 0 spiro atoms. The first-order valence-electron chi connectivity index (χ1n) is 3.64. The number of rotatable bonds is 2. The second kappa shape index (κ2) is 4.63. The van der Waals surface area contributed by atoms with E-state index in [1.807, 2.05) is 0 Å².